The van der Waals surface area contributed by atoms with Crippen LogP contribution >= 0.6 is 0 Å². The summed E-state index contributed by atoms with van der Waals surface area (Å²) in [5, 5.41) is 0. The van der Waals surface area contributed by atoms with Gasteiger partial charge in [0.1, 0.15) is 0 Å². The highest BCUT2D eigenvalue weighted by Gasteiger charge is 2.22. The molecule has 0 N–H and O–H groups in total. The lowest BCUT2D eigenvalue weighted by atomic mass is 9.84. The number of hydrogen-bond acceptors (Lipinski definition) is 0. The van der Waals surface area contributed by atoms with Crippen LogP contribution in [-0.2, 0) is 0 Å². The minimum absolute atomic E-state index is 0.141. The van der Waals surface area contributed by atoms with Gasteiger partial charge in [-0.25, -0.2) is 0 Å². The number of alkyl halides is 1. The van der Waals surface area contributed by atoms with Crippen molar-refractivity contribution in [3.8, 4) is 0 Å². The van der Waals surface area contributed by atoms with Crippen molar-refractivity contribution in [1.29, 1.82) is 0 Å². The summed E-state index contributed by atoms with van der Waals surface area (Å²) >= 11 is 0. The van der Waals surface area contributed by atoms with Crippen LogP contribution in [0.1, 0.15) is 66.2 Å². The highest BCUT2D eigenvalue weighted by atomic mass is 19.1. The van der Waals surface area contributed by atoms with Crippen LogP contribution in [-0.4, -0.2) is 6.67 Å². The van der Waals surface area contributed by atoms with Crippen LogP contribution < -0.4 is 0 Å². The largest absolute Gasteiger partial charge is 0.251 e. The van der Waals surface area contributed by atoms with Crippen LogP contribution in [0.5, 0.6) is 0 Å². The second-order valence-electron chi connectivity index (χ2n) is 6.81. The Morgan fingerprint density at radius 2 is 1.65 bits per heavy atom. The minimum Gasteiger partial charge on any atom is -0.251 e. The van der Waals surface area contributed by atoms with Gasteiger partial charge in [-0.1, -0.05) is 53.4 Å². The van der Waals surface area contributed by atoms with Gasteiger partial charge in [-0.15, -0.1) is 0 Å². The summed E-state index contributed by atoms with van der Waals surface area (Å²) in [6.07, 6.45) is 7.82. The maximum Gasteiger partial charge on any atom is 0.0920 e. The SMILES string of the molecule is CC(CF)CC1CCC(C)CC(C)C(C)CC1. The molecule has 0 aromatic heterocycles. The summed E-state index contributed by atoms with van der Waals surface area (Å²) in [6, 6.07) is 0. The van der Waals surface area contributed by atoms with E-state index in [9.17, 15) is 4.39 Å². The quantitative estimate of drug-likeness (QED) is 0.615. The van der Waals surface area contributed by atoms with Crippen LogP contribution in [0.2, 0.25) is 0 Å². The molecule has 1 fully saturated rings. The first-order chi connectivity index (χ1) is 8.02. The highest BCUT2D eigenvalue weighted by Crippen LogP contribution is 2.34. The molecule has 5 atom stereocenters. The van der Waals surface area contributed by atoms with Gasteiger partial charge >= 0.3 is 0 Å². The van der Waals surface area contributed by atoms with Crippen molar-refractivity contribution < 1.29 is 4.39 Å². The van der Waals surface area contributed by atoms with Crippen LogP contribution in [0.4, 0.5) is 4.39 Å². The molecule has 0 aromatic carbocycles. The van der Waals surface area contributed by atoms with Crippen molar-refractivity contribution in [3.05, 3.63) is 0 Å². The second kappa shape index (κ2) is 7.38. The Labute approximate surface area is 107 Å². The fraction of sp³-hybridized carbons (Fsp3) is 1.00. The molecule has 1 aliphatic rings. The smallest absolute Gasteiger partial charge is 0.0920 e. The van der Waals surface area contributed by atoms with Gasteiger partial charge in [0.25, 0.3) is 0 Å². The van der Waals surface area contributed by atoms with Gasteiger partial charge in [-0.2, -0.15) is 0 Å². The van der Waals surface area contributed by atoms with E-state index in [4.69, 9.17) is 0 Å². The normalized spacial score (nSPS) is 37.9. The molecule has 17 heavy (non-hydrogen) atoms. The molecular formula is C16H31F. The zero-order chi connectivity index (χ0) is 12.8. The molecule has 0 bridgehead atoms. The van der Waals surface area contributed by atoms with Crippen LogP contribution in [0, 0.1) is 29.6 Å². The van der Waals surface area contributed by atoms with E-state index in [1.54, 1.807) is 0 Å². The maximum absolute atomic E-state index is 12.6. The Bertz CT molecular complexity index is 202. The summed E-state index contributed by atoms with van der Waals surface area (Å²) in [5.74, 6) is 3.61. The van der Waals surface area contributed by atoms with E-state index in [0.29, 0.717) is 0 Å². The van der Waals surface area contributed by atoms with Gasteiger partial charge in [0, 0.05) is 0 Å². The molecule has 1 saturated carbocycles. The molecule has 1 heteroatoms. The Morgan fingerprint density at radius 3 is 2.29 bits per heavy atom. The summed E-state index contributed by atoms with van der Waals surface area (Å²) in [5.41, 5.74) is 0. The van der Waals surface area contributed by atoms with Crippen molar-refractivity contribution >= 4 is 0 Å². The van der Waals surface area contributed by atoms with Gasteiger partial charge in [-0.05, 0) is 42.4 Å². The van der Waals surface area contributed by atoms with E-state index in [1.165, 1.54) is 32.1 Å². The van der Waals surface area contributed by atoms with Gasteiger partial charge in [0.05, 0.1) is 6.67 Å². The van der Waals surface area contributed by atoms with Crippen molar-refractivity contribution in [3.63, 3.8) is 0 Å². The Hall–Kier alpha value is -0.0700. The van der Waals surface area contributed by atoms with Gasteiger partial charge < -0.3 is 0 Å². The third-order valence-electron chi connectivity index (χ3n) is 4.84. The Kier molecular flexibility index (Phi) is 6.51. The van der Waals surface area contributed by atoms with Gasteiger partial charge in [0.2, 0.25) is 0 Å². The molecule has 0 aliphatic heterocycles. The lowest BCUT2D eigenvalue weighted by Crippen LogP contribution is -2.11. The van der Waals surface area contributed by atoms with Gasteiger partial charge in [0.15, 0.2) is 0 Å². The van der Waals surface area contributed by atoms with Crippen molar-refractivity contribution in [2.45, 2.75) is 66.2 Å². The number of hydrogen-bond donors (Lipinski definition) is 0. The predicted octanol–water partition coefficient (Wildman–Crippen LogP) is 5.47. The van der Waals surface area contributed by atoms with Crippen LogP contribution in [0.15, 0.2) is 0 Å². The summed E-state index contributed by atoms with van der Waals surface area (Å²) in [4.78, 5) is 0. The lowest BCUT2D eigenvalue weighted by Gasteiger charge is -2.22. The predicted molar refractivity (Wildman–Crippen MR) is 73.8 cm³/mol. The first-order valence-electron chi connectivity index (χ1n) is 7.58. The highest BCUT2D eigenvalue weighted by molar-refractivity contribution is 4.73. The number of rotatable bonds is 3. The molecular weight excluding hydrogens is 211 g/mol. The van der Waals surface area contributed by atoms with E-state index < -0.39 is 0 Å². The second-order valence-corrected chi connectivity index (χ2v) is 6.81. The molecule has 0 nitrogen and oxygen atoms in total. The summed E-state index contributed by atoms with van der Waals surface area (Å²) < 4.78 is 12.6. The van der Waals surface area contributed by atoms with E-state index in [-0.39, 0.29) is 12.6 Å². The molecule has 0 aromatic rings. The van der Waals surface area contributed by atoms with E-state index in [1.807, 2.05) is 0 Å². The zero-order valence-corrected chi connectivity index (χ0v) is 12.2. The first kappa shape index (κ1) is 15.0. The minimum atomic E-state index is -0.141. The van der Waals surface area contributed by atoms with Crippen molar-refractivity contribution in [2.24, 2.45) is 29.6 Å². The fourth-order valence-corrected chi connectivity index (χ4v) is 3.30. The third kappa shape index (κ3) is 5.40. The van der Waals surface area contributed by atoms with E-state index in [0.717, 1.165) is 30.1 Å². The monoisotopic (exact) mass is 242 g/mol. The van der Waals surface area contributed by atoms with E-state index >= 15 is 0 Å². The third-order valence-corrected chi connectivity index (χ3v) is 4.84. The molecule has 102 valence electrons. The Balaban J connectivity index is 2.50. The Morgan fingerprint density at radius 1 is 1.00 bits per heavy atom. The lowest BCUT2D eigenvalue weighted by molar-refractivity contribution is 0.273. The van der Waals surface area contributed by atoms with Crippen molar-refractivity contribution in [1.82, 2.24) is 0 Å². The first-order valence-corrected chi connectivity index (χ1v) is 7.58. The molecule has 0 radical (unpaired) electrons. The van der Waals surface area contributed by atoms with Crippen LogP contribution in [0.3, 0.4) is 0 Å². The molecule has 0 amide bonds. The average molecular weight is 242 g/mol. The molecule has 1 aliphatic carbocycles. The van der Waals surface area contributed by atoms with E-state index in [2.05, 4.69) is 27.7 Å². The standard InChI is InChI=1S/C16H31F/c1-12-5-7-16(10-13(2)11-17)8-6-14(3)15(4)9-12/h12-16H,5-11H2,1-4H3. The number of halogens is 1. The topological polar surface area (TPSA) is 0 Å². The van der Waals surface area contributed by atoms with Gasteiger partial charge in [-0.3, -0.25) is 4.39 Å². The van der Waals surface area contributed by atoms with Crippen molar-refractivity contribution in [2.75, 3.05) is 6.67 Å². The summed E-state index contributed by atoms with van der Waals surface area (Å²) in [6.45, 7) is 9.12. The fourth-order valence-electron chi connectivity index (χ4n) is 3.30. The molecule has 0 spiro atoms. The average Bonchev–Trinajstić information content (AvgIpc) is 2.35. The molecule has 1 rings (SSSR count). The van der Waals surface area contributed by atoms with Crippen LogP contribution in [0.25, 0.3) is 0 Å². The molecule has 0 saturated heterocycles. The molecule has 5 unspecified atom stereocenters. The maximum atomic E-state index is 12.6. The molecule has 0 heterocycles. The zero-order valence-electron chi connectivity index (χ0n) is 12.2. The summed E-state index contributed by atoms with van der Waals surface area (Å²) in [7, 11) is 0.